The first-order valence-corrected chi connectivity index (χ1v) is 8.91. The highest BCUT2D eigenvalue weighted by Crippen LogP contribution is 2.37. The molecule has 0 bridgehead atoms. The van der Waals surface area contributed by atoms with Gasteiger partial charge in [0.1, 0.15) is 5.75 Å². The lowest BCUT2D eigenvalue weighted by Gasteiger charge is -2.16. The molecule has 1 aliphatic heterocycles. The van der Waals surface area contributed by atoms with E-state index in [0.717, 1.165) is 42.6 Å². The van der Waals surface area contributed by atoms with Crippen LogP contribution in [0.2, 0.25) is 0 Å². The number of benzene rings is 2. The van der Waals surface area contributed by atoms with Crippen LogP contribution in [-0.4, -0.2) is 46.6 Å². The SMILES string of the molecule is O=C(CN1C[C@H]2CC(O)C[C@H]2C1)c1ccc(-c2ccc(O)cc2)cc1. The Labute approximate surface area is 147 Å². The van der Waals surface area contributed by atoms with Crippen LogP contribution >= 0.6 is 0 Å². The van der Waals surface area contributed by atoms with Crippen LogP contribution in [0.15, 0.2) is 48.5 Å². The van der Waals surface area contributed by atoms with Gasteiger partial charge in [0.25, 0.3) is 0 Å². The molecule has 0 aromatic heterocycles. The summed E-state index contributed by atoms with van der Waals surface area (Å²) in [6.07, 6.45) is 1.63. The summed E-state index contributed by atoms with van der Waals surface area (Å²) in [6, 6.07) is 14.7. The molecule has 130 valence electrons. The Morgan fingerprint density at radius 3 is 2.00 bits per heavy atom. The average Bonchev–Trinajstić information content (AvgIpc) is 3.12. The lowest BCUT2D eigenvalue weighted by molar-refractivity contribution is 0.0935. The largest absolute Gasteiger partial charge is 0.508 e. The minimum Gasteiger partial charge on any atom is -0.508 e. The van der Waals surface area contributed by atoms with Gasteiger partial charge < -0.3 is 10.2 Å². The number of hydrogen-bond acceptors (Lipinski definition) is 4. The molecule has 25 heavy (non-hydrogen) atoms. The van der Waals surface area contributed by atoms with E-state index < -0.39 is 0 Å². The van der Waals surface area contributed by atoms with Gasteiger partial charge in [0, 0.05) is 18.7 Å². The molecule has 4 rings (SSSR count). The Hall–Kier alpha value is -2.17. The molecule has 1 unspecified atom stereocenters. The highest BCUT2D eigenvalue weighted by molar-refractivity contribution is 5.98. The molecule has 2 aromatic rings. The molecule has 2 fully saturated rings. The summed E-state index contributed by atoms with van der Waals surface area (Å²) in [5.41, 5.74) is 2.78. The van der Waals surface area contributed by atoms with Crippen LogP contribution in [0, 0.1) is 11.8 Å². The number of ketones is 1. The van der Waals surface area contributed by atoms with E-state index in [4.69, 9.17) is 0 Å². The second kappa shape index (κ2) is 6.62. The number of fused-ring (bicyclic) bond motifs is 1. The summed E-state index contributed by atoms with van der Waals surface area (Å²) in [5, 5.41) is 19.1. The number of hydrogen-bond donors (Lipinski definition) is 2. The van der Waals surface area contributed by atoms with Crippen molar-refractivity contribution in [3.8, 4) is 16.9 Å². The third kappa shape index (κ3) is 3.46. The molecule has 2 N–H and O–H groups in total. The van der Waals surface area contributed by atoms with E-state index in [1.165, 1.54) is 0 Å². The predicted molar refractivity (Wildman–Crippen MR) is 96.5 cm³/mol. The highest BCUT2D eigenvalue weighted by Gasteiger charge is 2.40. The van der Waals surface area contributed by atoms with Gasteiger partial charge in [-0.15, -0.1) is 0 Å². The topological polar surface area (TPSA) is 60.8 Å². The fraction of sp³-hybridized carbons (Fsp3) is 0.381. The summed E-state index contributed by atoms with van der Waals surface area (Å²) in [7, 11) is 0. The number of carbonyl (C=O) groups is 1. The number of rotatable bonds is 4. The van der Waals surface area contributed by atoms with Gasteiger partial charge in [-0.3, -0.25) is 9.69 Å². The van der Waals surface area contributed by atoms with Crippen molar-refractivity contribution in [2.24, 2.45) is 11.8 Å². The molecule has 4 heteroatoms. The zero-order chi connectivity index (χ0) is 17.4. The van der Waals surface area contributed by atoms with E-state index in [1.807, 2.05) is 36.4 Å². The van der Waals surface area contributed by atoms with Crippen LogP contribution in [0.25, 0.3) is 11.1 Å². The molecule has 1 aliphatic carbocycles. The predicted octanol–water partition coefficient (Wildman–Crippen LogP) is 2.94. The molecule has 1 heterocycles. The van der Waals surface area contributed by atoms with Crippen molar-refractivity contribution < 1.29 is 15.0 Å². The Balaban J connectivity index is 1.39. The lowest BCUT2D eigenvalue weighted by Crippen LogP contribution is -2.29. The Kier molecular flexibility index (Phi) is 4.32. The van der Waals surface area contributed by atoms with Crippen molar-refractivity contribution in [1.82, 2.24) is 4.90 Å². The molecular weight excluding hydrogens is 314 g/mol. The van der Waals surface area contributed by atoms with Crippen molar-refractivity contribution in [2.45, 2.75) is 18.9 Å². The van der Waals surface area contributed by atoms with Crippen LogP contribution < -0.4 is 0 Å². The molecule has 3 atom stereocenters. The first-order valence-electron chi connectivity index (χ1n) is 8.91. The second-order valence-electron chi connectivity index (χ2n) is 7.39. The summed E-state index contributed by atoms with van der Waals surface area (Å²) >= 11 is 0. The minimum absolute atomic E-state index is 0.139. The van der Waals surface area contributed by atoms with Crippen molar-refractivity contribution in [1.29, 1.82) is 0 Å². The van der Waals surface area contributed by atoms with E-state index >= 15 is 0 Å². The number of phenolic OH excluding ortho intramolecular Hbond substituents is 1. The Morgan fingerprint density at radius 2 is 1.44 bits per heavy atom. The van der Waals surface area contributed by atoms with Gasteiger partial charge in [-0.05, 0) is 47.9 Å². The van der Waals surface area contributed by atoms with Gasteiger partial charge in [0.15, 0.2) is 5.78 Å². The maximum absolute atomic E-state index is 12.6. The minimum atomic E-state index is -0.139. The number of aliphatic hydroxyl groups excluding tert-OH is 1. The van der Waals surface area contributed by atoms with Crippen LogP contribution in [-0.2, 0) is 0 Å². The first-order chi connectivity index (χ1) is 12.1. The lowest BCUT2D eigenvalue weighted by atomic mass is 10.0. The van der Waals surface area contributed by atoms with Crippen LogP contribution in [0.3, 0.4) is 0 Å². The van der Waals surface area contributed by atoms with E-state index in [-0.39, 0.29) is 17.6 Å². The summed E-state index contributed by atoms with van der Waals surface area (Å²) in [5.74, 6) is 1.51. The van der Waals surface area contributed by atoms with E-state index in [9.17, 15) is 15.0 Å². The number of aliphatic hydroxyl groups is 1. The zero-order valence-electron chi connectivity index (χ0n) is 14.1. The molecule has 1 saturated carbocycles. The number of carbonyl (C=O) groups excluding carboxylic acids is 1. The quantitative estimate of drug-likeness (QED) is 0.842. The zero-order valence-corrected chi connectivity index (χ0v) is 14.1. The van der Waals surface area contributed by atoms with Crippen molar-refractivity contribution in [3.63, 3.8) is 0 Å². The molecule has 0 spiro atoms. The van der Waals surface area contributed by atoms with Crippen molar-refractivity contribution in [3.05, 3.63) is 54.1 Å². The van der Waals surface area contributed by atoms with E-state index in [2.05, 4.69) is 4.90 Å². The molecule has 4 nitrogen and oxygen atoms in total. The molecule has 2 aliphatic rings. The van der Waals surface area contributed by atoms with Crippen LogP contribution in [0.4, 0.5) is 0 Å². The number of phenols is 1. The maximum Gasteiger partial charge on any atom is 0.176 e. The Bertz CT molecular complexity index is 740. The van der Waals surface area contributed by atoms with Crippen LogP contribution in [0.5, 0.6) is 5.75 Å². The van der Waals surface area contributed by atoms with Gasteiger partial charge in [-0.2, -0.15) is 0 Å². The average molecular weight is 337 g/mol. The van der Waals surface area contributed by atoms with Crippen LogP contribution in [0.1, 0.15) is 23.2 Å². The first kappa shape index (κ1) is 16.3. The molecule has 0 radical (unpaired) electrons. The molecule has 0 amide bonds. The van der Waals surface area contributed by atoms with Crippen molar-refractivity contribution >= 4 is 5.78 Å². The standard InChI is InChI=1S/C21H23NO3/c23-19-7-5-15(6-8-19)14-1-3-16(4-2-14)21(25)13-22-11-17-9-20(24)10-18(17)12-22/h1-8,17-18,20,23-24H,9-13H2/t17-,18+,20?. The summed E-state index contributed by atoms with van der Waals surface area (Å²) < 4.78 is 0. The summed E-state index contributed by atoms with van der Waals surface area (Å²) in [6.45, 7) is 2.32. The number of nitrogens with zero attached hydrogens (tertiary/aromatic N) is 1. The molecule has 1 saturated heterocycles. The van der Waals surface area contributed by atoms with Gasteiger partial charge in [-0.25, -0.2) is 0 Å². The second-order valence-corrected chi connectivity index (χ2v) is 7.39. The van der Waals surface area contributed by atoms with Gasteiger partial charge in [0.05, 0.1) is 12.6 Å². The molecule has 2 aromatic carbocycles. The van der Waals surface area contributed by atoms with E-state index in [1.54, 1.807) is 12.1 Å². The fourth-order valence-corrected chi connectivity index (χ4v) is 4.29. The maximum atomic E-state index is 12.6. The van der Waals surface area contributed by atoms with Gasteiger partial charge in [0.2, 0.25) is 0 Å². The fourth-order valence-electron chi connectivity index (χ4n) is 4.29. The van der Waals surface area contributed by atoms with Gasteiger partial charge >= 0.3 is 0 Å². The third-order valence-corrected chi connectivity index (χ3v) is 5.58. The Morgan fingerprint density at radius 1 is 0.920 bits per heavy atom. The normalized spacial score (nSPS) is 25.9. The monoisotopic (exact) mass is 337 g/mol. The highest BCUT2D eigenvalue weighted by atomic mass is 16.3. The number of likely N-dealkylation sites (tertiary alicyclic amines) is 1. The van der Waals surface area contributed by atoms with Gasteiger partial charge in [-0.1, -0.05) is 36.4 Å². The van der Waals surface area contributed by atoms with Crippen molar-refractivity contribution in [2.75, 3.05) is 19.6 Å². The number of aromatic hydroxyl groups is 1. The number of Topliss-reactive ketones (excluding diaryl/α,β-unsaturated/α-hetero) is 1. The summed E-state index contributed by atoms with van der Waals surface area (Å²) in [4.78, 5) is 14.8. The van der Waals surface area contributed by atoms with E-state index in [0.29, 0.717) is 18.4 Å². The smallest absolute Gasteiger partial charge is 0.176 e. The molecular formula is C21H23NO3. The third-order valence-electron chi connectivity index (χ3n) is 5.58.